The number of thiazole rings is 1. The molecule has 0 aromatic carbocycles. The fourth-order valence-corrected chi connectivity index (χ4v) is 2.43. The summed E-state index contributed by atoms with van der Waals surface area (Å²) >= 11 is 1.19. The Morgan fingerprint density at radius 1 is 1.71 bits per heavy atom. The first-order valence-corrected chi connectivity index (χ1v) is 5.99. The highest BCUT2D eigenvalue weighted by Crippen LogP contribution is 2.22. The number of likely N-dealkylation sites (N-methyl/N-ethyl adjacent to an activating group) is 1. The van der Waals surface area contributed by atoms with E-state index in [9.17, 15) is 9.59 Å². The van der Waals surface area contributed by atoms with Crippen LogP contribution >= 0.6 is 11.3 Å². The zero-order valence-electron chi connectivity index (χ0n) is 9.60. The van der Waals surface area contributed by atoms with Crippen LogP contribution in [0.4, 0.5) is 5.13 Å². The second kappa shape index (κ2) is 4.70. The minimum absolute atomic E-state index is 0.0554. The molecule has 1 amide bonds. The predicted octanol–water partition coefficient (Wildman–Crippen LogP) is 0.572. The van der Waals surface area contributed by atoms with Gasteiger partial charge in [0.1, 0.15) is 10.9 Å². The van der Waals surface area contributed by atoms with Crippen molar-refractivity contribution < 1.29 is 14.3 Å². The van der Waals surface area contributed by atoms with E-state index in [0.717, 1.165) is 13.0 Å². The molecule has 1 aromatic heterocycles. The van der Waals surface area contributed by atoms with E-state index in [1.54, 1.807) is 11.9 Å². The molecule has 0 bridgehead atoms. The Kier molecular flexibility index (Phi) is 3.28. The highest BCUT2D eigenvalue weighted by Gasteiger charge is 2.29. The maximum atomic E-state index is 11.7. The average molecular weight is 255 g/mol. The Morgan fingerprint density at radius 2 is 2.47 bits per heavy atom. The van der Waals surface area contributed by atoms with Crippen LogP contribution in [0.15, 0.2) is 6.20 Å². The molecule has 1 unspecified atom stereocenters. The highest BCUT2D eigenvalue weighted by molar-refractivity contribution is 7.17. The number of likely N-dealkylation sites (tertiary alicyclic amines) is 1. The van der Waals surface area contributed by atoms with Gasteiger partial charge in [-0.05, 0) is 6.42 Å². The SMILES string of the molecule is COC(=O)c1cnc(NC2CCN(C)C2=O)s1. The predicted molar refractivity (Wildman–Crippen MR) is 63.1 cm³/mol. The lowest BCUT2D eigenvalue weighted by molar-refractivity contribution is -0.127. The molecule has 1 N–H and O–H groups in total. The molecule has 92 valence electrons. The molecule has 2 rings (SSSR count). The minimum Gasteiger partial charge on any atom is -0.465 e. The van der Waals surface area contributed by atoms with E-state index in [1.807, 2.05) is 0 Å². The van der Waals surface area contributed by atoms with E-state index in [2.05, 4.69) is 15.0 Å². The molecule has 1 saturated heterocycles. The molecule has 1 aromatic rings. The number of methoxy groups -OCH3 is 1. The number of hydrogen-bond donors (Lipinski definition) is 1. The van der Waals surface area contributed by atoms with E-state index >= 15 is 0 Å². The molecule has 0 aliphatic carbocycles. The van der Waals surface area contributed by atoms with Crippen molar-refractivity contribution in [1.29, 1.82) is 0 Å². The van der Waals surface area contributed by atoms with Crippen molar-refractivity contribution in [1.82, 2.24) is 9.88 Å². The summed E-state index contributed by atoms with van der Waals surface area (Å²) in [6, 6.07) is -0.239. The summed E-state index contributed by atoms with van der Waals surface area (Å²) in [5.41, 5.74) is 0. The first-order chi connectivity index (χ1) is 8.11. The van der Waals surface area contributed by atoms with Crippen LogP contribution in [0, 0.1) is 0 Å². The molecule has 6 nitrogen and oxygen atoms in total. The molecule has 1 aliphatic heterocycles. The quantitative estimate of drug-likeness (QED) is 0.800. The number of amides is 1. The second-order valence-corrected chi connectivity index (χ2v) is 4.80. The summed E-state index contributed by atoms with van der Waals surface area (Å²) in [4.78, 5) is 29.0. The maximum absolute atomic E-state index is 11.7. The van der Waals surface area contributed by atoms with Gasteiger partial charge in [0.15, 0.2) is 5.13 Å². The topological polar surface area (TPSA) is 71.5 Å². The summed E-state index contributed by atoms with van der Waals surface area (Å²) in [5, 5.41) is 3.60. The Balaban J connectivity index is 2.02. The Morgan fingerprint density at radius 3 is 3.06 bits per heavy atom. The Hall–Kier alpha value is -1.63. The lowest BCUT2D eigenvalue weighted by atomic mass is 10.2. The van der Waals surface area contributed by atoms with Crippen LogP contribution in [0.1, 0.15) is 16.1 Å². The zero-order chi connectivity index (χ0) is 12.4. The van der Waals surface area contributed by atoms with E-state index in [-0.39, 0.29) is 11.9 Å². The average Bonchev–Trinajstić information content (AvgIpc) is 2.91. The number of carbonyl (C=O) groups is 2. The van der Waals surface area contributed by atoms with Crippen LogP contribution in [0.25, 0.3) is 0 Å². The van der Waals surface area contributed by atoms with Gasteiger partial charge in [-0.3, -0.25) is 4.79 Å². The number of rotatable bonds is 3. The van der Waals surface area contributed by atoms with Gasteiger partial charge in [0.25, 0.3) is 0 Å². The molecule has 17 heavy (non-hydrogen) atoms. The fraction of sp³-hybridized carbons (Fsp3) is 0.500. The van der Waals surface area contributed by atoms with Gasteiger partial charge >= 0.3 is 5.97 Å². The number of anilines is 1. The summed E-state index contributed by atoms with van der Waals surface area (Å²) in [7, 11) is 3.09. The van der Waals surface area contributed by atoms with Crippen molar-refractivity contribution in [2.45, 2.75) is 12.5 Å². The van der Waals surface area contributed by atoms with E-state index < -0.39 is 5.97 Å². The molecule has 1 atom stereocenters. The summed E-state index contributed by atoms with van der Waals surface area (Å²) < 4.78 is 4.59. The molecule has 0 saturated carbocycles. The molecule has 1 aliphatic rings. The molecule has 0 spiro atoms. The van der Waals surface area contributed by atoms with Crippen LogP contribution in [-0.2, 0) is 9.53 Å². The van der Waals surface area contributed by atoms with Crippen molar-refractivity contribution in [3.63, 3.8) is 0 Å². The number of nitrogens with one attached hydrogen (secondary N) is 1. The number of aromatic nitrogens is 1. The smallest absolute Gasteiger partial charge is 0.349 e. The van der Waals surface area contributed by atoms with Gasteiger partial charge in [-0.15, -0.1) is 0 Å². The van der Waals surface area contributed by atoms with Crippen LogP contribution in [0.2, 0.25) is 0 Å². The number of hydrogen-bond acceptors (Lipinski definition) is 6. The summed E-state index contributed by atoms with van der Waals surface area (Å²) in [6.07, 6.45) is 2.20. The molecular formula is C10H13N3O3S. The Bertz CT molecular complexity index is 446. The maximum Gasteiger partial charge on any atom is 0.349 e. The van der Waals surface area contributed by atoms with Crippen LogP contribution < -0.4 is 5.32 Å². The fourth-order valence-electron chi connectivity index (χ4n) is 1.64. The third kappa shape index (κ3) is 2.38. The van der Waals surface area contributed by atoms with Gasteiger partial charge < -0.3 is 15.0 Å². The third-order valence-electron chi connectivity index (χ3n) is 2.62. The van der Waals surface area contributed by atoms with Crippen LogP contribution in [0.3, 0.4) is 0 Å². The minimum atomic E-state index is -0.412. The van der Waals surface area contributed by atoms with Gasteiger partial charge in [0.05, 0.1) is 13.3 Å². The third-order valence-corrected chi connectivity index (χ3v) is 3.53. The van der Waals surface area contributed by atoms with Gasteiger partial charge in [0.2, 0.25) is 5.91 Å². The van der Waals surface area contributed by atoms with Crippen molar-refractivity contribution in [3.8, 4) is 0 Å². The van der Waals surface area contributed by atoms with E-state index in [1.165, 1.54) is 24.6 Å². The standard InChI is InChI=1S/C10H13N3O3S/c1-13-4-3-6(8(13)14)12-10-11-5-7(17-10)9(15)16-2/h5-6H,3-4H2,1-2H3,(H,11,12). The van der Waals surface area contributed by atoms with Gasteiger partial charge in [-0.25, -0.2) is 9.78 Å². The number of nitrogens with zero attached hydrogens (tertiary/aromatic N) is 2. The van der Waals surface area contributed by atoms with Crippen molar-refractivity contribution in [2.24, 2.45) is 0 Å². The van der Waals surface area contributed by atoms with E-state index in [4.69, 9.17) is 0 Å². The molecule has 7 heteroatoms. The van der Waals surface area contributed by atoms with Crippen LogP contribution in [0.5, 0.6) is 0 Å². The number of carbonyl (C=O) groups excluding carboxylic acids is 2. The summed E-state index contributed by atoms with van der Waals surface area (Å²) in [6.45, 7) is 0.742. The van der Waals surface area contributed by atoms with Gasteiger partial charge in [-0.1, -0.05) is 11.3 Å². The number of esters is 1. The molecule has 2 heterocycles. The lowest BCUT2D eigenvalue weighted by Gasteiger charge is -2.10. The van der Waals surface area contributed by atoms with E-state index in [0.29, 0.717) is 10.0 Å². The number of ether oxygens (including phenoxy) is 1. The monoisotopic (exact) mass is 255 g/mol. The summed E-state index contributed by atoms with van der Waals surface area (Å²) in [5.74, 6) is -0.356. The van der Waals surface area contributed by atoms with Gasteiger partial charge in [0, 0.05) is 13.6 Å². The normalized spacial score (nSPS) is 19.5. The zero-order valence-corrected chi connectivity index (χ0v) is 10.4. The van der Waals surface area contributed by atoms with Crippen LogP contribution in [-0.4, -0.2) is 48.5 Å². The Labute approximate surface area is 103 Å². The second-order valence-electron chi connectivity index (χ2n) is 3.77. The molecule has 1 fully saturated rings. The van der Waals surface area contributed by atoms with Gasteiger partial charge in [-0.2, -0.15) is 0 Å². The highest BCUT2D eigenvalue weighted by atomic mass is 32.1. The molecular weight excluding hydrogens is 242 g/mol. The molecule has 0 radical (unpaired) electrons. The lowest BCUT2D eigenvalue weighted by Crippen LogP contribution is -2.30. The first kappa shape index (κ1) is 11.8. The van der Waals surface area contributed by atoms with Crippen molar-refractivity contribution in [3.05, 3.63) is 11.1 Å². The first-order valence-electron chi connectivity index (χ1n) is 5.17. The van der Waals surface area contributed by atoms with Crippen molar-refractivity contribution >= 4 is 28.3 Å². The largest absolute Gasteiger partial charge is 0.465 e. The van der Waals surface area contributed by atoms with Crippen molar-refractivity contribution in [2.75, 3.05) is 26.0 Å².